The van der Waals surface area contributed by atoms with Crippen LogP contribution in [0.25, 0.3) is 0 Å². The van der Waals surface area contributed by atoms with Crippen LogP contribution in [-0.4, -0.2) is 31.5 Å². The Hall–Kier alpha value is -1.69. The minimum Gasteiger partial charge on any atom is -0.311 e. The van der Waals surface area contributed by atoms with Crippen LogP contribution in [0.15, 0.2) is 18.6 Å². The van der Waals surface area contributed by atoms with Crippen LogP contribution in [0, 0.1) is 0 Å². The van der Waals surface area contributed by atoms with Crippen molar-refractivity contribution in [3.8, 4) is 0 Å². The zero-order chi connectivity index (χ0) is 10.5. The molecule has 2 rings (SSSR count). The summed E-state index contributed by atoms with van der Waals surface area (Å²) in [4.78, 5) is 4.04. The largest absolute Gasteiger partial charge is 0.311 e. The Kier molecular flexibility index (Phi) is 3.08. The van der Waals surface area contributed by atoms with E-state index in [1.54, 1.807) is 6.20 Å². The molecule has 2 aromatic rings. The van der Waals surface area contributed by atoms with Crippen molar-refractivity contribution < 1.29 is 0 Å². The first kappa shape index (κ1) is 9.85. The molecule has 0 aliphatic carbocycles. The van der Waals surface area contributed by atoms with E-state index in [0.717, 1.165) is 25.3 Å². The number of aryl methyl sites for hydroxylation is 1. The molecule has 0 radical (unpaired) electrons. The summed E-state index contributed by atoms with van der Waals surface area (Å²) in [5.74, 6) is 0.910. The van der Waals surface area contributed by atoms with Gasteiger partial charge in [0.15, 0.2) is 0 Å². The van der Waals surface area contributed by atoms with Crippen molar-refractivity contribution in [3.05, 3.63) is 30.1 Å². The van der Waals surface area contributed by atoms with Gasteiger partial charge in [0.05, 0.1) is 5.69 Å². The van der Waals surface area contributed by atoms with Gasteiger partial charge in [-0.2, -0.15) is 10.2 Å². The molecular weight excluding hydrogens is 192 g/mol. The molecule has 0 bridgehead atoms. The Labute approximate surface area is 87.7 Å². The minimum absolute atomic E-state index is 0.824. The van der Waals surface area contributed by atoms with E-state index in [1.165, 1.54) is 12.0 Å². The maximum Gasteiger partial charge on any atom is 0.137 e. The number of H-pyrrole nitrogens is 1. The van der Waals surface area contributed by atoms with Gasteiger partial charge in [-0.05, 0) is 6.07 Å². The van der Waals surface area contributed by atoms with E-state index < -0.39 is 0 Å². The second-order valence-corrected chi connectivity index (χ2v) is 3.31. The van der Waals surface area contributed by atoms with E-state index in [0.29, 0.717) is 0 Å². The van der Waals surface area contributed by atoms with Crippen LogP contribution in [0.5, 0.6) is 0 Å². The van der Waals surface area contributed by atoms with Crippen molar-refractivity contribution >= 4 is 0 Å². The summed E-state index contributed by atoms with van der Waals surface area (Å²) in [5.41, 5.74) is 1.17. The predicted octanol–water partition coefficient (Wildman–Crippen LogP) is -0.130. The monoisotopic (exact) mass is 206 g/mol. The van der Waals surface area contributed by atoms with Gasteiger partial charge in [-0.25, -0.2) is 4.98 Å². The molecule has 2 heterocycles. The Morgan fingerprint density at radius 1 is 1.53 bits per heavy atom. The second-order valence-electron chi connectivity index (χ2n) is 3.31. The second kappa shape index (κ2) is 4.70. The maximum absolute atomic E-state index is 4.09. The molecule has 80 valence electrons. The van der Waals surface area contributed by atoms with Crippen molar-refractivity contribution in [3.63, 3.8) is 0 Å². The topological polar surface area (TPSA) is 71.4 Å². The molecule has 15 heavy (non-hydrogen) atoms. The number of aromatic nitrogens is 5. The molecule has 0 fully saturated rings. The van der Waals surface area contributed by atoms with Crippen LogP contribution >= 0.6 is 0 Å². The highest BCUT2D eigenvalue weighted by atomic mass is 15.3. The molecule has 0 amide bonds. The first-order valence-electron chi connectivity index (χ1n) is 4.88. The number of nitrogens with zero attached hydrogens (tertiary/aromatic N) is 4. The molecular formula is C9H14N6. The maximum atomic E-state index is 4.09. The molecule has 0 atom stereocenters. The highest BCUT2D eigenvalue weighted by Gasteiger charge is 1.98. The lowest BCUT2D eigenvalue weighted by Crippen LogP contribution is -2.19. The highest BCUT2D eigenvalue weighted by Crippen LogP contribution is 1.94. The van der Waals surface area contributed by atoms with Crippen LogP contribution in [0.2, 0.25) is 0 Å². The van der Waals surface area contributed by atoms with Crippen LogP contribution < -0.4 is 5.32 Å². The summed E-state index contributed by atoms with van der Waals surface area (Å²) < 4.78 is 1.86. The molecule has 0 unspecified atom stereocenters. The van der Waals surface area contributed by atoms with E-state index in [2.05, 4.69) is 25.6 Å². The predicted molar refractivity (Wildman–Crippen MR) is 55.0 cm³/mol. The Balaban J connectivity index is 1.70. The quantitative estimate of drug-likeness (QED) is 0.668. The normalized spacial score (nSPS) is 10.7. The average Bonchev–Trinajstić information content (AvgIpc) is 2.85. The standard InChI is InChI=1S/C9H14N6/c1-15-8(2-5-13-15)6-10-4-3-9-11-7-12-14-9/h2,5,7,10H,3-4,6H2,1H3,(H,11,12,14). The number of hydrogen-bond donors (Lipinski definition) is 2. The van der Waals surface area contributed by atoms with Gasteiger partial charge in [-0.3, -0.25) is 9.78 Å². The van der Waals surface area contributed by atoms with Gasteiger partial charge < -0.3 is 5.32 Å². The molecule has 0 aromatic carbocycles. The lowest BCUT2D eigenvalue weighted by atomic mass is 10.3. The highest BCUT2D eigenvalue weighted by molar-refractivity contribution is 4.99. The van der Waals surface area contributed by atoms with Crippen LogP contribution in [0.3, 0.4) is 0 Å². The van der Waals surface area contributed by atoms with Crippen LogP contribution in [-0.2, 0) is 20.0 Å². The van der Waals surface area contributed by atoms with Gasteiger partial charge >= 0.3 is 0 Å². The van der Waals surface area contributed by atoms with E-state index in [9.17, 15) is 0 Å². The molecule has 6 heteroatoms. The number of nitrogens with one attached hydrogen (secondary N) is 2. The van der Waals surface area contributed by atoms with Gasteiger partial charge in [0.25, 0.3) is 0 Å². The Bertz CT molecular complexity index is 390. The smallest absolute Gasteiger partial charge is 0.137 e. The Morgan fingerprint density at radius 2 is 2.47 bits per heavy atom. The van der Waals surface area contributed by atoms with Gasteiger partial charge in [0, 0.05) is 32.8 Å². The summed E-state index contributed by atoms with van der Waals surface area (Å²) in [7, 11) is 1.94. The van der Waals surface area contributed by atoms with Crippen LogP contribution in [0.1, 0.15) is 11.5 Å². The van der Waals surface area contributed by atoms with Crippen molar-refractivity contribution in [2.45, 2.75) is 13.0 Å². The lowest BCUT2D eigenvalue weighted by molar-refractivity contribution is 0.619. The molecule has 6 nitrogen and oxygen atoms in total. The lowest BCUT2D eigenvalue weighted by Gasteiger charge is -2.03. The first-order valence-corrected chi connectivity index (χ1v) is 4.88. The molecule has 2 N–H and O–H groups in total. The molecule has 2 aromatic heterocycles. The summed E-state index contributed by atoms with van der Waals surface area (Å²) >= 11 is 0. The fourth-order valence-corrected chi connectivity index (χ4v) is 1.35. The summed E-state index contributed by atoms with van der Waals surface area (Å²) in [6, 6.07) is 2.00. The molecule has 0 saturated heterocycles. The van der Waals surface area contributed by atoms with Gasteiger partial charge in [0.1, 0.15) is 12.2 Å². The number of aromatic amines is 1. The van der Waals surface area contributed by atoms with E-state index in [-0.39, 0.29) is 0 Å². The molecule has 0 saturated carbocycles. The fraction of sp³-hybridized carbons (Fsp3) is 0.444. The molecule has 0 spiro atoms. The van der Waals surface area contributed by atoms with Gasteiger partial charge in [-0.1, -0.05) is 0 Å². The first-order chi connectivity index (χ1) is 7.36. The van der Waals surface area contributed by atoms with E-state index >= 15 is 0 Å². The summed E-state index contributed by atoms with van der Waals surface area (Å²) in [6.07, 6.45) is 4.18. The van der Waals surface area contributed by atoms with Gasteiger partial charge in [-0.15, -0.1) is 0 Å². The van der Waals surface area contributed by atoms with E-state index in [1.807, 2.05) is 17.8 Å². The Morgan fingerprint density at radius 3 is 3.13 bits per heavy atom. The number of rotatable bonds is 5. The average molecular weight is 206 g/mol. The van der Waals surface area contributed by atoms with Crippen molar-refractivity contribution in [2.24, 2.45) is 7.05 Å². The van der Waals surface area contributed by atoms with Crippen molar-refractivity contribution in [1.29, 1.82) is 0 Å². The minimum atomic E-state index is 0.824. The zero-order valence-electron chi connectivity index (χ0n) is 8.64. The zero-order valence-corrected chi connectivity index (χ0v) is 8.64. The van der Waals surface area contributed by atoms with Gasteiger partial charge in [0.2, 0.25) is 0 Å². The van der Waals surface area contributed by atoms with Crippen molar-refractivity contribution in [2.75, 3.05) is 6.54 Å². The summed E-state index contributed by atoms with van der Waals surface area (Å²) in [6.45, 7) is 1.70. The van der Waals surface area contributed by atoms with Crippen LogP contribution in [0.4, 0.5) is 0 Å². The molecule has 0 aliphatic rings. The SMILES string of the molecule is Cn1nccc1CNCCc1ncn[nH]1. The number of hydrogen-bond acceptors (Lipinski definition) is 4. The summed E-state index contributed by atoms with van der Waals surface area (Å²) in [5, 5.41) is 14.0. The van der Waals surface area contributed by atoms with E-state index in [4.69, 9.17) is 0 Å². The third-order valence-electron chi connectivity index (χ3n) is 2.23. The fourth-order valence-electron chi connectivity index (χ4n) is 1.35. The van der Waals surface area contributed by atoms with Crippen molar-refractivity contribution in [1.82, 2.24) is 30.3 Å². The molecule has 0 aliphatic heterocycles. The third-order valence-corrected chi connectivity index (χ3v) is 2.23. The third kappa shape index (κ3) is 2.63.